The quantitative estimate of drug-likeness (QED) is 0.0222. The van der Waals surface area contributed by atoms with Gasteiger partial charge in [0.1, 0.15) is 19.3 Å². The minimum atomic E-state index is -4.95. The van der Waals surface area contributed by atoms with Crippen LogP contribution in [0.5, 0.6) is 0 Å². The fraction of sp³-hybridized carbons (Fsp3) is 0.945. The van der Waals surface area contributed by atoms with Gasteiger partial charge in [-0.3, -0.25) is 37.3 Å². The molecule has 0 rings (SSSR count). The van der Waals surface area contributed by atoms with Gasteiger partial charge in [-0.05, 0) is 43.4 Å². The number of carbonyl (C=O) groups is 4. The van der Waals surface area contributed by atoms with Crippen LogP contribution in [0.15, 0.2) is 0 Å². The summed E-state index contributed by atoms with van der Waals surface area (Å²) in [4.78, 5) is 72.6. The molecule has 17 nitrogen and oxygen atoms in total. The number of unbranched alkanes of at least 4 members (excludes halogenated alkanes) is 39. The predicted molar refractivity (Wildman–Crippen MR) is 372 cm³/mol. The van der Waals surface area contributed by atoms with Gasteiger partial charge in [0.15, 0.2) is 12.2 Å². The van der Waals surface area contributed by atoms with Crippen molar-refractivity contribution < 1.29 is 80.2 Å². The molecule has 3 N–H and O–H groups in total. The Hall–Kier alpha value is -1.94. The average molecular weight is 1350 g/mol. The molecule has 0 bridgehead atoms. The van der Waals surface area contributed by atoms with Gasteiger partial charge in [-0.2, -0.15) is 0 Å². The Morgan fingerprint density at radius 3 is 0.739 bits per heavy atom. The summed E-state index contributed by atoms with van der Waals surface area (Å²) in [5.41, 5.74) is 0. The maximum absolute atomic E-state index is 13.1. The fourth-order valence-electron chi connectivity index (χ4n) is 11.1. The summed E-state index contributed by atoms with van der Waals surface area (Å²) in [6, 6.07) is 0. The number of aliphatic hydroxyl groups is 1. The Labute approximate surface area is 562 Å². The largest absolute Gasteiger partial charge is 0.472 e. The fourth-order valence-corrected chi connectivity index (χ4v) is 12.7. The minimum absolute atomic E-state index is 0.106. The maximum Gasteiger partial charge on any atom is 0.472 e. The number of rotatable bonds is 71. The Morgan fingerprint density at radius 2 is 0.500 bits per heavy atom. The van der Waals surface area contributed by atoms with Crippen molar-refractivity contribution in [2.45, 2.75) is 388 Å². The monoisotopic (exact) mass is 1350 g/mol. The summed E-state index contributed by atoms with van der Waals surface area (Å²) in [5.74, 6) is 0.130. The van der Waals surface area contributed by atoms with E-state index < -0.39 is 97.5 Å². The zero-order chi connectivity index (χ0) is 68.0. The maximum atomic E-state index is 13.1. The second kappa shape index (κ2) is 63.8. The third-order valence-corrected chi connectivity index (χ3v) is 18.8. The van der Waals surface area contributed by atoms with Crippen LogP contribution >= 0.6 is 15.6 Å². The smallest absolute Gasteiger partial charge is 0.462 e. The number of carbonyl (C=O) groups excluding carboxylic acids is 4. The van der Waals surface area contributed by atoms with Crippen molar-refractivity contribution in [2.24, 2.45) is 17.8 Å². The van der Waals surface area contributed by atoms with Gasteiger partial charge in [0.05, 0.1) is 26.4 Å². The first-order chi connectivity index (χ1) is 44.2. The van der Waals surface area contributed by atoms with E-state index in [1.165, 1.54) is 173 Å². The van der Waals surface area contributed by atoms with Crippen LogP contribution in [0.3, 0.4) is 0 Å². The van der Waals surface area contributed by atoms with E-state index in [0.717, 1.165) is 108 Å². The van der Waals surface area contributed by atoms with Crippen LogP contribution in [0.25, 0.3) is 0 Å². The molecule has 0 aromatic rings. The lowest BCUT2D eigenvalue weighted by molar-refractivity contribution is -0.161. The first kappa shape index (κ1) is 90.1. The van der Waals surface area contributed by atoms with Gasteiger partial charge in [-0.15, -0.1) is 0 Å². The predicted octanol–water partition coefficient (Wildman–Crippen LogP) is 21.0. The van der Waals surface area contributed by atoms with E-state index in [1.807, 2.05) is 0 Å². The molecule has 0 heterocycles. The van der Waals surface area contributed by atoms with Crippen LogP contribution in [-0.4, -0.2) is 96.7 Å². The van der Waals surface area contributed by atoms with Crippen molar-refractivity contribution in [1.82, 2.24) is 0 Å². The molecule has 0 aliphatic heterocycles. The number of phosphoric ester groups is 2. The molecule has 0 aliphatic carbocycles. The summed E-state index contributed by atoms with van der Waals surface area (Å²) in [6.45, 7) is 11.8. The lowest BCUT2D eigenvalue weighted by Gasteiger charge is -2.21. The standard InChI is InChI=1S/C73H142O17P2/c1-8-9-10-11-12-13-14-21-26-34-42-49-56-72(77)90-69(61-84-71(76)55-48-41-36-29-32-39-46-53-66(6)7)63-88-92(81,82)86-59-67(74)58-85-91(79,80)87-62-68(60-83-70(75)54-47-40-33-28-23-25-31-38-45-52-65(4)5)89-73(78)57-50-43-35-27-22-19-17-15-16-18-20-24-30-37-44-51-64(2)3/h64-69,74H,8-63H2,1-7H3,(H,79,80)(H,81,82)/t67-,68-,69-/m1/s1. The van der Waals surface area contributed by atoms with Gasteiger partial charge in [0.2, 0.25) is 0 Å². The van der Waals surface area contributed by atoms with E-state index in [2.05, 4.69) is 48.5 Å². The molecule has 92 heavy (non-hydrogen) atoms. The topological polar surface area (TPSA) is 237 Å². The SMILES string of the molecule is CCCCCCCCCCCCCCC(=O)O[C@H](COC(=O)CCCCCCCCCC(C)C)COP(=O)(O)OC[C@H](O)COP(=O)(O)OC[C@@H](COC(=O)CCCCCCCCCCCC(C)C)OC(=O)CCCCCCCCCCCCCCCCCC(C)C. The molecule has 0 amide bonds. The molecule has 0 fully saturated rings. The van der Waals surface area contributed by atoms with Crippen molar-refractivity contribution >= 4 is 39.5 Å². The lowest BCUT2D eigenvalue weighted by Crippen LogP contribution is -2.30. The molecular weight excluding hydrogens is 1210 g/mol. The number of hydrogen-bond acceptors (Lipinski definition) is 15. The minimum Gasteiger partial charge on any atom is -0.462 e. The molecule has 5 atom stereocenters. The number of esters is 4. The van der Waals surface area contributed by atoms with Gasteiger partial charge in [-0.25, -0.2) is 9.13 Å². The highest BCUT2D eigenvalue weighted by atomic mass is 31.2. The highest BCUT2D eigenvalue weighted by Gasteiger charge is 2.30. The van der Waals surface area contributed by atoms with E-state index in [9.17, 15) is 43.2 Å². The zero-order valence-corrected chi connectivity index (χ0v) is 61.8. The van der Waals surface area contributed by atoms with Crippen LogP contribution in [-0.2, 0) is 65.4 Å². The second-order valence-electron chi connectivity index (χ2n) is 27.8. The Balaban J connectivity index is 5.23. The Morgan fingerprint density at radius 1 is 0.293 bits per heavy atom. The number of aliphatic hydroxyl groups excluding tert-OH is 1. The highest BCUT2D eigenvalue weighted by Crippen LogP contribution is 2.45. The summed E-state index contributed by atoms with van der Waals surface area (Å²) >= 11 is 0. The normalized spacial score (nSPS) is 14.1. The van der Waals surface area contributed by atoms with E-state index in [4.69, 9.17) is 37.0 Å². The molecule has 0 spiro atoms. The molecule has 19 heteroatoms. The first-order valence-corrected chi connectivity index (χ1v) is 40.8. The molecular formula is C73H142O17P2. The van der Waals surface area contributed by atoms with Gasteiger partial charge >= 0.3 is 39.5 Å². The van der Waals surface area contributed by atoms with Crippen LogP contribution in [0.4, 0.5) is 0 Å². The molecule has 546 valence electrons. The first-order valence-electron chi connectivity index (χ1n) is 37.8. The third kappa shape index (κ3) is 66.7. The number of hydrogen-bond donors (Lipinski definition) is 3. The summed E-state index contributed by atoms with van der Waals surface area (Å²) in [6.07, 6.45) is 48.6. The molecule has 2 unspecified atom stereocenters. The van der Waals surface area contributed by atoms with E-state index >= 15 is 0 Å². The Kier molecular flexibility index (Phi) is 62.4. The van der Waals surface area contributed by atoms with E-state index in [0.29, 0.717) is 31.6 Å². The van der Waals surface area contributed by atoms with E-state index in [-0.39, 0.29) is 25.7 Å². The van der Waals surface area contributed by atoms with Crippen LogP contribution in [0, 0.1) is 17.8 Å². The molecule has 0 saturated heterocycles. The zero-order valence-electron chi connectivity index (χ0n) is 60.0. The van der Waals surface area contributed by atoms with E-state index in [1.54, 1.807) is 0 Å². The summed E-state index contributed by atoms with van der Waals surface area (Å²) < 4.78 is 68.4. The van der Waals surface area contributed by atoms with Gasteiger partial charge < -0.3 is 33.8 Å². The summed E-state index contributed by atoms with van der Waals surface area (Å²) in [5, 5.41) is 10.6. The molecule has 0 aromatic heterocycles. The average Bonchev–Trinajstić information content (AvgIpc) is 2.73. The molecule has 0 aliphatic rings. The van der Waals surface area contributed by atoms with Crippen molar-refractivity contribution in [1.29, 1.82) is 0 Å². The van der Waals surface area contributed by atoms with Gasteiger partial charge in [-0.1, -0.05) is 318 Å². The second-order valence-corrected chi connectivity index (χ2v) is 30.7. The third-order valence-electron chi connectivity index (χ3n) is 16.9. The van der Waals surface area contributed by atoms with Gasteiger partial charge in [0.25, 0.3) is 0 Å². The van der Waals surface area contributed by atoms with Crippen LogP contribution in [0.1, 0.15) is 370 Å². The number of ether oxygens (including phenoxy) is 4. The van der Waals surface area contributed by atoms with Crippen molar-refractivity contribution in [2.75, 3.05) is 39.6 Å². The lowest BCUT2D eigenvalue weighted by atomic mass is 10.0. The van der Waals surface area contributed by atoms with Crippen molar-refractivity contribution in [3.63, 3.8) is 0 Å². The molecule has 0 aromatic carbocycles. The van der Waals surface area contributed by atoms with Crippen molar-refractivity contribution in [3.05, 3.63) is 0 Å². The van der Waals surface area contributed by atoms with Gasteiger partial charge in [0, 0.05) is 25.7 Å². The highest BCUT2D eigenvalue weighted by molar-refractivity contribution is 7.47. The molecule has 0 saturated carbocycles. The number of phosphoric acid groups is 2. The van der Waals surface area contributed by atoms with Crippen molar-refractivity contribution in [3.8, 4) is 0 Å². The molecule has 0 radical (unpaired) electrons. The summed E-state index contributed by atoms with van der Waals surface area (Å²) in [7, 11) is -9.91. The van der Waals surface area contributed by atoms with Crippen LogP contribution < -0.4 is 0 Å². The Bertz CT molecular complexity index is 1800. The van der Waals surface area contributed by atoms with Crippen LogP contribution in [0.2, 0.25) is 0 Å².